The maximum atomic E-state index is 12.0. The van der Waals surface area contributed by atoms with Crippen LogP contribution in [-0.2, 0) is 9.53 Å². The zero-order chi connectivity index (χ0) is 13.1. The summed E-state index contributed by atoms with van der Waals surface area (Å²) in [5.41, 5.74) is 5.53. The fourth-order valence-electron chi connectivity index (χ4n) is 2.10. The van der Waals surface area contributed by atoms with Crippen LogP contribution in [0.25, 0.3) is 0 Å². The zero-order valence-electron chi connectivity index (χ0n) is 11.2. The van der Waals surface area contributed by atoms with E-state index in [9.17, 15) is 4.79 Å². The van der Waals surface area contributed by atoms with Crippen LogP contribution < -0.4 is 11.1 Å². The van der Waals surface area contributed by atoms with Gasteiger partial charge in [-0.3, -0.25) is 4.79 Å². The first kappa shape index (κ1) is 15.9. The van der Waals surface area contributed by atoms with Gasteiger partial charge in [0.2, 0.25) is 0 Å². The number of nitrogens with zero attached hydrogens (tertiary/aromatic N) is 2. The third kappa shape index (κ3) is 3.68. The molecule has 108 valence electrons. The largest absolute Gasteiger partial charge is 0.364 e. The third-order valence-electron chi connectivity index (χ3n) is 3.07. The molecule has 1 aromatic rings. The number of halogens is 1. The minimum atomic E-state index is -0.394. The summed E-state index contributed by atoms with van der Waals surface area (Å²) in [4.78, 5) is 12.0. The molecule has 2 rings (SSSR count). The Morgan fingerprint density at radius 2 is 2.37 bits per heavy atom. The van der Waals surface area contributed by atoms with Crippen molar-refractivity contribution in [2.75, 3.05) is 11.9 Å². The minimum Gasteiger partial charge on any atom is -0.364 e. The van der Waals surface area contributed by atoms with Gasteiger partial charge in [0.15, 0.2) is 0 Å². The van der Waals surface area contributed by atoms with Gasteiger partial charge in [-0.1, -0.05) is 0 Å². The van der Waals surface area contributed by atoms with Crippen molar-refractivity contribution in [3.8, 4) is 0 Å². The van der Waals surface area contributed by atoms with Crippen molar-refractivity contribution in [2.24, 2.45) is 5.73 Å². The van der Waals surface area contributed by atoms with Crippen LogP contribution in [0, 0.1) is 0 Å². The van der Waals surface area contributed by atoms with Crippen LogP contribution in [0.1, 0.15) is 32.7 Å². The molecule has 19 heavy (non-hydrogen) atoms. The van der Waals surface area contributed by atoms with E-state index in [0.717, 1.165) is 12.8 Å². The van der Waals surface area contributed by atoms with Gasteiger partial charge in [0.1, 0.15) is 11.9 Å². The second-order valence-electron chi connectivity index (χ2n) is 4.80. The Hall–Kier alpha value is -1.11. The van der Waals surface area contributed by atoms with Crippen molar-refractivity contribution in [1.82, 2.24) is 9.78 Å². The molecule has 0 radical (unpaired) electrons. The van der Waals surface area contributed by atoms with E-state index in [2.05, 4.69) is 10.4 Å². The number of anilines is 1. The van der Waals surface area contributed by atoms with Crippen LogP contribution in [0.5, 0.6) is 0 Å². The monoisotopic (exact) mass is 288 g/mol. The summed E-state index contributed by atoms with van der Waals surface area (Å²) in [5.74, 6) is 0.586. The highest BCUT2D eigenvalue weighted by atomic mass is 35.5. The lowest BCUT2D eigenvalue weighted by molar-refractivity contribution is -0.126. The first-order valence-electron chi connectivity index (χ1n) is 6.31. The van der Waals surface area contributed by atoms with E-state index in [-0.39, 0.29) is 30.5 Å². The molecule has 6 nitrogen and oxygen atoms in total. The van der Waals surface area contributed by atoms with Gasteiger partial charge in [0.25, 0.3) is 5.91 Å². The topological polar surface area (TPSA) is 82.2 Å². The van der Waals surface area contributed by atoms with Crippen molar-refractivity contribution in [3.63, 3.8) is 0 Å². The van der Waals surface area contributed by atoms with Gasteiger partial charge in [0.05, 0.1) is 12.3 Å². The zero-order valence-corrected chi connectivity index (χ0v) is 12.0. The highest BCUT2D eigenvalue weighted by Gasteiger charge is 2.30. The van der Waals surface area contributed by atoms with E-state index in [1.165, 1.54) is 0 Å². The van der Waals surface area contributed by atoms with Crippen molar-refractivity contribution in [2.45, 2.75) is 44.9 Å². The number of ether oxygens (including phenoxy) is 1. The van der Waals surface area contributed by atoms with Gasteiger partial charge < -0.3 is 15.8 Å². The predicted molar refractivity (Wildman–Crippen MR) is 75.4 cm³/mol. The third-order valence-corrected chi connectivity index (χ3v) is 3.07. The standard InChI is InChI=1S/C12H20N4O2.ClH/c1-8(2)16-11(5-6-14-16)15-12(17)10-4-3-9(7-13)18-10;/h5-6,8-10H,3-4,7,13H2,1-2H3,(H,15,17);1H/t9-,10+;/m1./s1. The summed E-state index contributed by atoms with van der Waals surface area (Å²) in [5, 5.41) is 7.02. The Balaban J connectivity index is 0.00000180. The number of nitrogens with two attached hydrogens (primary N) is 1. The lowest BCUT2D eigenvalue weighted by atomic mass is 10.2. The molecule has 1 aliphatic rings. The average Bonchev–Trinajstić information content (AvgIpc) is 2.96. The SMILES string of the molecule is CC(C)n1nccc1NC(=O)[C@@H]1CC[C@H](CN)O1.Cl. The van der Waals surface area contributed by atoms with E-state index in [1.54, 1.807) is 16.9 Å². The van der Waals surface area contributed by atoms with Gasteiger partial charge >= 0.3 is 0 Å². The lowest BCUT2D eigenvalue weighted by Gasteiger charge is -2.15. The molecule has 1 aliphatic heterocycles. The number of rotatable bonds is 4. The molecule has 1 amide bonds. The average molecular weight is 289 g/mol. The van der Waals surface area contributed by atoms with E-state index in [1.807, 2.05) is 13.8 Å². The number of amides is 1. The van der Waals surface area contributed by atoms with Gasteiger partial charge in [-0.25, -0.2) is 4.68 Å². The van der Waals surface area contributed by atoms with E-state index < -0.39 is 6.10 Å². The van der Waals surface area contributed by atoms with Gasteiger partial charge in [-0.2, -0.15) is 5.10 Å². The highest BCUT2D eigenvalue weighted by Crippen LogP contribution is 2.21. The Labute approximate surface area is 119 Å². The second kappa shape index (κ2) is 6.88. The quantitative estimate of drug-likeness (QED) is 0.876. The molecule has 3 N–H and O–H groups in total. The first-order valence-corrected chi connectivity index (χ1v) is 6.31. The van der Waals surface area contributed by atoms with Crippen molar-refractivity contribution < 1.29 is 9.53 Å². The van der Waals surface area contributed by atoms with Crippen molar-refractivity contribution >= 4 is 24.1 Å². The van der Waals surface area contributed by atoms with Crippen molar-refractivity contribution in [3.05, 3.63) is 12.3 Å². The second-order valence-corrected chi connectivity index (χ2v) is 4.80. The number of hydrogen-bond donors (Lipinski definition) is 2. The molecule has 0 unspecified atom stereocenters. The number of aromatic nitrogens is 2. The molecular formula is C12H21ClN4O2. The molecule has 7 heteroatoms. The normalized spacial score (nSPS) is 22.3. The maximum Gasteiger partial charge on any atom is 0.254 e. The Bertz CT molecular complexity index is 422. The summed E-state index contributed by atoms with van der Waals surface area (Å²) < 4.78 is 7.33. The lowest BCUT2D eigenvalue weighted by Crippen LogP contribution is -2.30. The van der Waals surface area contributed by atoms with Crippen LogP contribution in [-0.4, -0.2) is 34.4 Å². The molecule has 0 spiro atoms. The van der Waals surface area contributed by atoms with Crippen LogP contribution in [0.3, 0.4) is 0 Å². The summed E-state index contributed by atoms with van der Waals surface area (Å²) in [6.45, 7) is 4.49. The Morgan fingerprint density at radius 1 is 1.63 bits per heavy atom. The molecule has 0 bridgehead atoms. The van der Waals surface area contributed by atoms with Gasteiger partial charge in [-0.05, 0) is 26.7 Å². The molecule has 0 saturated carbocycles. The predicted octanol–water partition coefficient (Wildman–Crippen LogP) is 1.33. The van der Waals surface area contributed by atoms with Gasteiger partial charge in [0, 0.05) is 18.7 Å². The smallest absolute Gasteiger partial charge is 0.254 e. The number of nitrogens with one attached hydrogen (secondary N) is 1. The van der Waals surface area contributed by atoms with Crippen LogP contribution in [0.4, 0.5) is 5.82 Å². The molecule has 0 aromatic carbocycles. The Kier molecular flexibility index (Phi) is 5.78. The van der Waals surface area contributed by atoms with E-state index in [0.29, 0.717) is 12.4 Å². The summed E-state index contributed by atoms with van der Waals surface area (Å²) in [6.07, 6.45) is 2.86. The fraction of sp³-hybridized carbons (Fsp3) is 0.667. The summed E-state index contributed by atoms with van der Waals surface area (Å²) in [7, 11) is 0. The summed E-state index contributed by atoms with van der Waals surface area (Å²) >= 11 is 0. The molecule has 1 fully saturated rings. The number of carbonyl (C=O) groups excluding carboxylic acids is 1. The van der Waals surface area contributed by atoms with Crippen LogP contribution in [0.15, 0.2) is 12.3 Å². The molecule has 0 aliphatic carbocycles. The van der Waals surface area contributed by atoms with Gasteiger partial charge in [-0.15, -0.1) is 12.4 Å². The molecule has 2 heterocycles. The maximum absolute atomic E-state index is 12.0. The van der Waals surface area contributed by atoms with Crippen molar-refractivity contribution in [1.29, 1.82) is 0 Å². The Morgan fingerprint density at radius 3 is 2.95 bits per heavy atom. The fourth-order valence-corrected chi connectivity index (χ4v) is 2.10. The molecule has 1 aromatic heterocycles. The van der Waals surface area contributed by atoms with Crippen LogP contribution in [0.2, 0.25) is 0 Å². The molecule has 1 saturated heterocycles. The van der Waals surface area contributed by atoms with E-state index >= 15 is 0 Å². The molecule has 2 atom stereocenters. The summed E-state index contributed by atoms with van der Waals surface area (Å²) in [6, 6.07) is 1.99. The minimum absolute atomic E-state index is 0. The molecular weight excluding hydrogens is 268 g/mol. The highest BCUT2D eigenvalue weighted by molar-refractivity contribution is 5.93. The van der Waals surface area contributed by atoms with E-state index in [4.69, 9.17) is 10.5 Å². The first-order chi connectivity index (χ1) is 8.61. The number of carbonyl (C=O) groups is 1. The number of hydrogen-bond acceptors (Lipinski definition) is 4. The van der Waals surface area contributed by atoms with Crippen LogP contribution >= 0.6 is 12.4 Å².